The zero-order valence-corrected chi connectivity index (χ0v) is 18.1. The van der Waals surface area contributed by atoms with Gasteiger partial charge in [0.15, 0.2) is 9.84 Å². The second kappa shape index (κ2) is 8.42. The van der Waals surface area contributed by atoms with E-state index in [-0.39, 0.29) is 42.3 Å². The van der Waals surface area contributed by atoms with Gasteiger partial charge in [0.05, 0.1) is 16.4 Å². The van der Waals surface area contributed by atoms with Crippen LogP contribution in [0.5, 0.6) is 0 Å². The Morgan fingerprint density at radius 3 is 2.85 bits per heavy atom. The van der Waals surface area contributed by atoms with E-state index in [2.05, 4.69) is 0 Å². The Balaban J connectivity index is 1.61. The van der Waals surface area contributed by atoms with Crippen molar-refractivity contribution in [2.75, 3.05) is 24.6 Å². The number of thiocarbonyl (C=S) groups is 1. The summed E-state index contributed by atoms with van der Waals surface area (Å²) in [7, 11) is -3.05. The lowest BCUT2D eigenvalue weighted by molar-refractivity contribution is -0.133. The molecular formula is C17H20N2O4S4. The summed E-state index contributed by atoms with van der Waals surface area (Å²) in [6.45, 7) is 2.50. The summed E-state index contributed by atoms with van der Waals surface area (Å²) in [5.74, 6) is -0.172. The third kappa shape index (κ3) is 4.79. The Labute approximate surface area is 172 Å². The predicted octanol–water partition coefficient (Wildman–Crippen LogP) is 2.38. The molecule has 2 amide bonds. The molecule has 1 aromatic rings. The third-order valence-electron chi connectivity index (χ3n) is 4.55. The van der Waals surface area contributed by atoms with Crippen LogP contribution in [-0.4, -0.2) is 65.0 Å². The molecule has 0 saturated carbocycles. The van der Waals surface area contributed by atoms with E-state index in [9.17, 15) is 18.0 Å². The van der Waals surface area contributed by atoms with E-state index in [0.29, 0.717) is 22.2 Å². The highest BCUT2D eigenvalue weighted by molar-refractivity contribution is 8.26. The SMILES string of the molecule is CCN(C(=O)CCN1C(=O)/C(=C\c2cccs2)SC1=S)[C@H]1CCS(=O)(=O)C1. The van der Waals surface area contributed by atoms with Crippen molar-refractivity contribution in [2.24, 2.45) is 0 Å². The Hall–Kier alpha value is -1.23. The van der Waals surface area contributed by atoms with Gasteiger partial charge in [-0.05, 0) is 30.9 Å². The lowest BCUT2D eigenvalue weighted by Crippen LogP contribution is -2.42. The first-order valence-electron chi connectivity index (χ1n) is 8.59. The number of hydrogen-bond acceptors (Lipinski definition) is 7. The molecule has 6 nitrogen and oxygen atoms in total. The second-order valence-corrected chi connectivity index (χ2v) is 11.2. The predicted molar refractivity (Wildman–Crippen MR) is 113 cm³/mol. The van der Waals surface area contributed by atoms with Crippen LogP contribution in [0.15, 0.2) is 22.4 Å². The average molecular weight is 445 g/mol. The molecule has 0 radical (unpaired) electrons. The third-order valence-corrected chi connectivity index (χ3v) is 8.50. The number of carbonyl (C=O) groups is 2. The second-order valence-electron chi connectivity index (χ2n) is 6.34. The van der Waals surface area contributed by atoms with Crippen LogP contribution in [-0.2, 0) is 19.4 Å². The van der Waals surface area contributed by atoms with Crippen LogP contribution in [0.1, 0.15) is 24.6 Å². The van der Waals surface area contributed by atoms with Crippen molar-refractivity contribution in [3.05, 3.63) is 27.3 Å². The molecule has 0 bridgehead atoms. The highest BCUT2D eigenvalue weighted by Crippen LogP contribution is 2.33. The average Bonchev–Trinajstić information content (AvgIpc) is 3.29. The van der Waals surface area contributed by atoms with Gasteiger partial charge in [-0.1, -0.05) is 30.0 Å². The molecule has 27 heavy (non-hydrogen) atoms. The molecule has 10 heteroatoms. The molecule has 2 aliphatic rings. The number of hydrogen-bond donors (Lipinski definition) is 0. The molecule has 2 saturated heterocycles. The molecular weight excluding hydrogens is 424 g/mol. The van der Waals surface area contributed by atoms with Gasteiger partial charge in [-0.15, -0.1) is 11.3 Å². The van der Waals surface area contributed by atoms with Gasteiger partial charge in [0.2, 0.25) is 5.91 Å². The monoisotopic (exact) mass is 444 g/mol. The minimum absolute atomic E-state index is 0.0250. The number of thioether (sulfide) groups is 1. The fourth-order valence-electron chi connectivity index (χ4n) is 3.21. The summed E-state index contributed by atoms with van der Waals surface area (Å²) in [4.78, 5) is 29.8. The fraction of sp³-hybridized carbons (Fsp3) is 0.471. The molecule has 3 rings (SSSR count). The van der Waals surface area contributed by atoms with Gasteiger partial charge in [-0.25, -0.2) is 8.42 Å². The van der Waals surface area contributed by atoms with Crippen molar-refractivity contribution in [3.8, 4) is 0 Å². The van der Waals surface area contributed by atoms with E-state index in [1.807, 2.05) is 30.5 Å². The van der Waals surface area contributed by atoms with Crippen LogP contribution in [0.4, 0.5) is 0 Å². The molecule has 0 aromatic carbocycles. The first-order valence-corrected chi connectivity index (χ1v) is 12.5. The summed E-state index contributed by atoms with van der Waals surface area (Å²) in [5.41, 5.74) is 0. The highest BCUT2D eigenvalue weighted by atomic mass is 32.2. The van der Waals surface area contributed by atoms with Crippen LogP contribution < -0.4 is 0 Å². The van der Waals surface area contributed by atoms with Crippen molar-refractivity contribution < 1.29 is 18.0 Å². The number of thiophene rings is 1. The standard InChI is InChI=1S/C17H20N2O4S4/c1-2-18(12-6-9-27(22,23)11-12)15(20)5-7-19-16(21)14(26-17(19)24)10-13-4-3-8-25-13/h3-4,8,10,12H,2,5-7,9,11H2,1H3/b14-10+/t12-/m0/s1. The van der Waals surface area contributed by atoms with Gasteiger partial charge < -0.3 is 4.90 Å². The number of amides is 2. The highest BCUT2D eigenvalue weighted by Gasteiger charge is 2.35. The maximum atomic E-state index is 12.6. The maximum Gasteiger partial charge on any atom is 0.266 e. The van der Waals surface area contributed by atoms with Crippen LogP contribution >= 0.6 is 35.3 Å². The lowest BCUT2D eigenvalue weighted by atomic mass is 10.2. The van der Waals surface area contributed by atoms with Crippen molar-refractivity contribution in [1.29, 1.82) is 0 Å². The van der Waals surface area contributed by atoms with Crippen LogP contribution in [0, 0.1) is 0 Å². The van der Waals surface area contributed by atoms with Gasteiger partial charge >= 0.3 is 0 Å². The Morgan fingerprint density at radius 1 is 1.48 bits per heavy atom. The van der Waals surface area contributed by atoms with Gasteiger partial charge in [0.1, 0.15) is 4.32 Å². The Bertz CT molecular complexity index is 877. The smallest absolute Gasteiger partial charge is 0.266 e. The number of nitrogens with zero attached hydrogens (tertiary/aromatic N) is 2. The summed E-state index contributed by atoms with van der Waals surface area (Å²) in [6.07, 6.45) is 2.42. The molecule has 0 unspecified atom stereocenters. The van der Waals surface area contributed by atoms with Gasteiger partial charge in [-0.2, -0.15) is 0 Å². The zero-order valence-electron chi connectivity index (χ0n) is 14.8. The molecule has 2 aliphatic heterocycles. The van der Waals surface area contributed by atoms with Gasteiger partial charge in [0, 0.05) is 30.4 Å². The van der Waals surface area contributed by atoms with Crippen LogP contribution in [0.2, 0.25) is 0 Å². The number of sulfone groups is 1. The minimum atomic E-state index is -3.05. The molecule has 0 N–H and O–H groups in total. The summed E-state index contributed by atoms with van der Waals surface area (Å²) >= 11 is 8.08. The van der Waals surface area contributed by atoms with E-state index < -0.39 is 9.84 Å². The van der Waals surface area contributed by atoms with E-state index in [0.717, 1.165) is 4.88 Å². The molecule has 3 heterocycles. The zero-order chi connectivity index (χ0) is 19.6. The first kappa shape index (κ1) is 20.5. The van der Waals surface area contributed by atoms with Crippen molar-refractivity contribution in [2.45, 2.75) is 25.8 Å². The fourth-order valence-corrected chi connectivity index (χ4v) is 6.97. The number of rotatable bonds is 6. The number of carbonyl (C=O) groups excluding carboxylic acids is 2. The van der Waals surface area contributed by atoms with Crippen molar-refractivity contribution in [3.63, 3.8) is 0 Å². The van der Waals surface area contributed by atoms with E-state index >= 15 is 0 Å². The lowest BCUT2D eigenvalue weighted by Gasteiger charge is -2.27. The van der Waals surface area contributed by atoms with Crippen LogP contribution in [0.25, 0.3) is 6.08 Å². The van der Waals surface area contributed by atoms with Crippen LogP contribution in [0.3, 0.4) is 0 Å². The molecule has 1 aromatic heterocycles. The van der Waals surface area contributed by atoms with Gasteiger partial charge in [-0.3, -0.25) is 14.5 Å². The maximum absolute atomic E-state index is 12.6. The molecule has 2 fully saturated rings. The first-order chi connectivity index (χ1) is 12.8. The molecule has 0 aliphatic carbocycles. The molecule has 0 spiro atoms. The Morgan fingerprint density at radius 2 is 2.26 bits per heavy atom. The van der Waals surface area contributed by atoms with E-state index in [1.54, 1.807) is 4.90 Å². The summed E-state index contributed by atoms with van der Waals surface area (Å²) < 4.78 is 23.8. The van der Waals surface area contributed by atoms with E-state index in [1.165, 1.54) is 28.0 Å². The molecule has 1 atom stereocenters. The minimum Gasteiger partial charge on any atom is -0.339 e. The van der Waals surface area contributed by atoms with E-state index in [4.69, 9.17) is 12.2 Å². The topological polar surface area (TPSA) is 74.8 Å². The molecule has 146 valence electrons. The van der Waals surface area contributed by atoms with Crippen molar-refractivity contribution in [1.82, 2.24) is 9.80 Å². The normalized spacial score (nSPS) is 23.4. The Kier molecular flexibility index (Phi) is 6.39. The summed E-state index contributed by atoms with van der Waals surface area (Å²) in [5, 5.41) is 1.94. The summed E-state index contributed by atoms with van der Waals surface area (Å²) in [6, 6.07) is 3.57. The van der Waals surface area contributed by atoms with Gasteiger partial charge in [0.25, 0.3) is 5.91 Å². The largest absolute Gasteiger partial charge is 0.339 e. The van der Waals surface area contributed by atoms with Crippen molar-refractivity contribution >= 4 is 67.4 Å². The quantitative estimate of drug-likeness (QED) is 0.495.